The summed E-state index contributed by atoms with van der Waals surface area (Å²) in [7, 11) is 0. The monoisotopic (exact) mass is 258 g/mol. The minimum absolute atomic E-state index is 0.246. The molecule has 0 saturated carbocycles. The molecule has 1 fully saturated rings. The number of hydrogen-bond donors (Lipinski definition) is 1. The number of anilines is 1. The third kappa shape index (κ3) is 2.77. The molecule has 0 spiro atoms. The number of alkyl halides is 3. The maximum atomic E-state index is 12.5. The molecule has 1 unspecified atom stereocenters. The summed E-state index contributed by atoms with van der Waals surface area (Å²) in [6, 6.07) is 5.60. The Balaban J connectivity index is 2.18. The molecule has 2 nitrogen and oxygen atoms in total. The maximum Gasteiger partial charge on any atom is 0.416 e. The summed E-state index contributed by atoms with van der Waals surface area (Å²) < 4.78 is 37.4. The molecule has 0 aromatic heterocycles. The van der Waals surface area contributed by atoms with Gasteiger partial charge in [0.15, 0.2) is 0 Å². The molecule has 2 rings (SSSR count). The van der Waals surface area contributed by atoms with E-state index in [1.165, 1.54) is 12.1 Å². The van der Waals surface area contributed by atoms with Crippen LogP contribution in [0.1, 0.15) is 24.8 Å². The number of halogens is 3. The lowest BCUT2D eigenvalue weighted by molar-refractivity contribution is -0.137. The van der Waals surface area contributed by atoms with Crippen molar-refractivity contribution in [2.75, 3.05) is 18.0 Å². The highest BCUT2D eigenvalue weighted by molar-refractivity contribution is 5.49. The molecular weight excluding hydrogens is 241 g/mol. The molecule has 1 aliphatic rings. The van der Waals surface area contributed by atoms with Crippen molar-refractivity contribution in [1.29, 1.82) is 0 Å². The molecule has 2 N–H and O–H groups in total. The van der Waals surface area contributed by atoms with Crippen LogP contribution in [-0.4, -0.2) is 19.1 Å². The molecule has 1 heterocycles. The van der Waals surface area contributed by atoms with Gasteiger partial charge in [0.25, 0.3) is 0 Å². The molecule has 0 bridgehead atoms. The first-order valence-corrected chi connectivity index (χ1v) is 6.16. The highest BCUT2D eigenvalue weighted by Gasteiger charge is 2.30. The SMILES string of the molecule is NCC1CCCCN1c1ccc(C(F)(F)F)cc1. The first kappa shape index (κ1) is 13.2. The van der Waals surface area contributed by atoms with E-state index < -0.39 is 11.7 Å². The first-order valence-electron chi connectivity index (χ1n) is 6.16. The molecule has 1 aromatic rings. The number of benzene rings is 1. The molecule has 0 radical (unpaired) electrons. The van der Waals surface area contributed by atoms with Crippen LogP contribution in [0.2, 0.25) is 0 Å². The van der Waals surface area contributed by atoms with Crippen LogP contribution in [0.15, 0.2) is 24.3 Å². The fourth-order valence-electron chi connectivity index (χ4n) is 2.43. The summed E-state index contributed by atoms with van der Waals surface area (Å²) in [5.74, 6) is 0. The Labute approximate surface area is 105 Å². The van der Waals surface area contributed by atoms with Crippen LogP contribution in [-0.2, 0) is 6.18 Å². The molecule has 1 aliphatic heterocycles. The van der Waals surface area contributed by atoms with E-state index in [-0.39, 0.29) is 6.04 Å². The van der Waals surface area contributed by atoms with E-state index in [0.717, 1.165) is 43.6 Å². The smallest absolute Gasteiger partial charge is 0.367 e. The summed E-state index contributed by atoms with van der Waals surface area (Å²) in [5.41, 5.74) is 5.94. The van der Waals surface area contributed by atoms with Gasteiger partial charge in [-0.1, -0.05) is 0 Å². The average molecular weight is 258 g/mol. The number of hydrogen-bond acceptors (Lipinski definition) is 2. The maximum absolute atomic E-state index is 12.5. The highest BCUT2D eigenvalue weighted by atomic mass is 19.4. The second-order valence-corrected chi connectivity index (χ2v) is 4.62. The summed E-state index contributed by atoms with van der Waals surface area (Å²) in [6.45, 7) is 1.41. The van der Waals surface area contributed by atoms with Crippen molar-refractivity contribution >= 4 is 5.69 Å². The predicted molar refractivity (Wildman–Crippen MR) is 65.5 cm³/mol. The fourth-order valence-corrected chi connectivity index (χ4v) is 2.43. The molecular formula is C13H17F3N2. The van der Waals surface area contributed by atoms with Gasteiger partial charge in [-0.3, -0.25) is 0 Å². The summed E-state index contributed by atoms with van der Waals surface area (Å²) in [4.78, 5) is 2.11. The van der Waals surface area contributed by atoms with E-state index in [9.17, 15) is 13.2 Å². The average Bonchev–Trinajstić information content (AvgIpc) is 2.38. The van der Waals surface area contributed by atoms with Crippen molar-refractivity contribution in [3.05, 3.63) is 29.8 Å². The number of piperidine rings is 1. The zero-order valence-corrected chi connectivity index (χ0v) is 10.1. The Hall–Kier alpha value is -1.23. The van der Waals surface area contributed by atoms with Gasteiger partial charge < -0.3 is 10.6 Å². The van der Waals surface area contributed by atoms with E-state index in [1.807, 2.05) is 0 Å². The van der Waals surface area contributed by atoms with E-state index in [1.54, 1.807) is 0 Å². The first-order chi connectivity index (χ1) is 8.52. The van der Waals surface area contributed by atoms with E-state index in [4.69, 9.17) is 5.73 Å². The van der Waals surface area contributed by atoms with Crippen LogP contribution in [0.3, 0.4) is 0 Å². The summed E-state index contributed by atoms with van der Waals surface area (Å²) in [5, 5.41) is 0. The van der Waals surface area contributed by atoms with Gasteiger partial charge in [-0.25, -0.2) is 0 Å². The third-order valence-electron chi connectivity index (χ3n) is 3.43. The van der Waals surface area contributed by atoms with Gasteiger partial charge in [0, 0.05) is 24.8 Å². The molecule has 0 aliphatic carbocycles. The molecule has 1 aromatic carbocycles. The lowest BCUT2D eigenvalue weighted by Gasteiger charge is -2.37. The van der Waals surface area contributed by atoms with Gasteiger partial charge >= 0.3 is 6.18 Å². The topological polar surface area (TPSA) is 29.3 Å². The van der Waals surface area contributed by atoms with Gasteiger partial charge in [-0.15, -0.1) is 0 Å². The standard InChI is InChI=1S/C13H17F3N2/c14-13(15,16)10-4-6-11(7-5-10)18-8-2-1-3-12(18)9-17/h4-7,12H,1-3,8-9,17H2. The quantitative estimate of drug-likeness (QED) is 0.883. The van der Waals surface area contributed by atoms with Crippen LogP contribution in [0, 0.1) is 0 Å². The molecule has 100 valence electrons. The molecule has 18 heavy (non-hydrogen) atoms. The third-order valence-corrected chi connectivity index (χ3v) is 3.43. The Morgan fingerprint density at radius 3 is 2.39 bits per heavy atom. The van der Waals surface area contributed by atoms with E-state index in [2.05, 4.69) is 4.90 Å². The Morgan fingerprint density at radius 2 is 1.83 bits per heavy atom. The van der Waals surface area contributed by atoms with Crippen LogP contribution in [0.5, 0.6) is 0 Å². The zero-order chi connectivity index (χ0) is 13.2. The van der Waals surface area contributed by atoms with E-state index in [0.29, 0.717) is 6.54 Å². The second-order valence-electron chi connectivity index (χ2n) is 4.62. The summed E-state index contributed by atoms with van der Waals surface area (Å²) in [6.07, 6.45) is -1.05. The Kier molecular flexibility index (Phi) is 3.80. The molecule has 0 amide bonds. The van der Waals surface area contributed by atoms with Crippen LogP contribution >= 0.6 is 0 Å². The lowest BCUT2D eigenvalue weighted by Crippen LogP contribution is -2.44. The Bertz CT molecular complexity index is 386. The van der Waals surface area contributed by atoms with Crippen LogP contribution in [0.25, 0.3) is 0 Å². The van der Waals surface area contributed by atoms with Gasteiger partial charge in [-0.05, 0) is 43.5 Å². The second kappa shape index (κ2) is 5.18. The lowest BCUT2D eigenvalue weighted by atomic mass is 10.0. The van der Waals surface area contributed by atoms with Gasteiger partial charge in [0.2, 0.25) is 0 Å². The predicted octanol–water partition coefficient (Wildman–Crippen LogP) is 3.02. The van der Waals surface area contributed by atoms with E-state index >= 15 is 0 Å². The summed E-state index contributed by atoms with van der Waals surface area (Å²) >= 11 is 0. The highest BCUT2D eigenvalue weighted by Crippen LogP contribution is 2.31. The van der Waals surface area contributed by atoms with Crippen molar-refractivity contribution in [2.24, 2.45) is 5.73 Å². The molecule has 1 atom stereocenters. The van der Waals surface area contributed by atoms with Crippen molar-refractivity contribution in [2.45, 2.75) is 31.5 Å². The Morgan fingerprint density at radius 1 is 1.17 bits per heavy atom. The normalized spacial score (nSPS) is 21.1. The fraction of sp³-hybridized carbons (Fsp3) is 0.538. The number of nitrogens with two attached hydrogens (primary N) is 1. The minimum atomic E-state index is -4.27. The van der Waals surface area contributed by atoms with Gasteiger partial charge in [-0.2, -0.15) is 13.2 Å². The zero-order valence-electron chi connectivity index (χ0n) is 10.1. The van der Waals surface area contributed by atoms with Gasteiger partial charge in [0.05, 0.1) is 5.56 Å². The van der Waals surface area contributed by atoms with Crippen LogP contribution < -0.4 is 10.6 Å². The van der Waals surface area contributed by atoms with Crippen molar-refractivity contribution in [1.82, 2.24) is 0 Å². The number of rotatable bonds is 2. The van der Waals surface area contributed by atoms with Crippen molar-refractivity contribution in [3.8, 4) is 0 Å². The van der Waals surface area contributed by atoms with Crippen LogP contribution in [0.4, 0.5) is 18.9 Å². The van der Waals surface area contributed by atoms with Crippen molar-refractivity contribution < 1.29 is 13.2 Å². The number of nitrogens with zero attached hydrogens (tertiary/aromatic N) is 1. The largest absolute Gasteiger partial charge is 0.416 e. The molecule has 5 heteroatoms. The van der Waals surface area contributed by atoms with Gasteiger partial charge in [0.1, 0.15) is 0 Å². The van der Waals surface area contributed by atoms with Crippen molar-refractivity contribution in [3.63, 3.8) is 0 Å². The molecule has 1 saturated heterocycles. The minimum Gasteiger partial charge on any atom is -0.367 e.